The molecule has 0 atom stereocenters. The van der Waals surface area contributed by atoms with Gasteiger partial charge in [0, 0.05) is 17.8 Å². The standard InChI is InChI=1S/C14H10FN3O2S/c1-8-2-3-11(10(15)6-8)17-12(19)9-7-16-14-18(13(9)20)4-5-21-14/h2-7H,1H3,(H,17,19). The van der Waals surface area contributed by atoms with Crippen molar-refractivity contribution < 1.29 is 9.18 Å². The molecule has 2 heterocycles. The number of nitrogens with zero attached hydrogens (tertiary/aromatic N) is 2. The Morgan fingerprint density at radius 1 is 1.43 bits per heavy atom. The van der Waals surface area contributed by atoms with Crippen LogP contribution in [0.4, 0.5) is 10.1 Å². The van der Waals surface area contributed by atoms with E-state index in [2.05, 4.69) is 10.3 Å². The number of amides is 1. The van der Waals surface area contributed by atoms with Gasteiger partial charge < -0.3 is 5.32 Å². The van der Waals surface area contributed by atoms with Crippen LogP contribution in [0.3, 0.4) is 0 Å². The van der Waals surface area contributed by atoms with Gasteiger partial charge in [0.05, 0.1) is 5.69 Å². The fourth-order valence-electron chi connectivity index (χ4n) is 1.89. The fraction of sp³-hybridized carbons (Fsp3) is 0.0714. The summed E-state index contributed by atoms with van der Waals surface area (Å²) in [5, 5.41) is 4.09. The molecule has 1 N–H and O–H groups in total. The van der Waals surface area contributed by atoms with Crippen molar-refractivity contribution in [1.82, 2.24) is 9.38 Å². The van der Waals surface area contributed by atoms with Gasteiger partial charge in [-0.3, -0.25) is 14.0 Å². The van der Waals surface area contributed by atoms with Crippen LogP contribution >= 0.6 is 11.3 Å². The molecule has 3 rings (SSSR count). The molecule has 21 heavy (non-hydrogen) atoms. The number of rotatable bonds is 2. The molecule has 0 fully saturated rings. The minimum Gasteiger partial charge on any atom is -0.319 e. The normalized spacial score (nSPS) is 10.8. The summed E-state index contributed by atoms with van der Waals surface area (Å²) in [6, 6.07) is 4.44. The van der Waals surface area contributed by atoms with Gasteiger partial charge in [-0.25, -0.2) is 9.37 Å². The Balaban J connectivity index is 1.97. The Hall–Kier alpha value is -2.54. The quantitative estimate of drug-likeness (QED) is 0.791. The van der Waals surface area contributed by atoms with Crippen LogP contribution in [-0.2, 0) is 0 Å². The first-order valence-corrected chi connectivity index (χ1v) is 6.96. The third-order valence-corrected chi connectivity index (χ3v) is 3.73. The molecule has 0 unspecified atom stereocenters. The number of hydrogen-bond acceptors (Lipinski definition) is 4. The van der Waals surface area contributed by atoms with Crippen molar-refractivity contribution in [2.45, 2.75) is 6.92 Å². The SMILES string of the molecule is Cc1ccc(NC(=O)c2cnc3sccn3c2=O)c(F)c1. The Morgan fingerprint density at radius 3 is 3.00 bits per heavy atom. The van der Waals surface area contributed by atoms with Crippen molar-refractivity contribution in [3.05, 3.63) is 63.3 Å². The maximum atomic E-state index is 13.7. The topological polar surface area (TPSA) is 63.5 Å². The number of nitrogens with one attached hydrogen (secondary N) is 1. The lowest BCUT2D eigenvalue weighted by Crippen LogP contribution is -2.26. The number of fused-ring (bicyclic) bond motifs is 1. The van der Waals surface area contributed by atoms with E-state index in [9.17, 15) is 14.0 Å². The lowest BCUT2D eigenvalue weighted by Gasteiger charge is -2.06. The summed E-state index contributed by atoms with van der Waals surface area (Å²) in [5.41, 5.74) is 0.157. The molecule has 0 saturated heterocycles. The van der Waals surface area contributed by atoms with Gasteiger partial charge in [0.25, 0.3) is 11.5 Å². The monoisotopic (exact) mass is 303 g/mol. The van der Waals surface area contributed by atoms with Crippen LogP contribution in [-0.4, -0.2) is 15.3 Å². The molecule has 0 saturated carbocycles. The van der Waals surface area contributed by atoms with Gasteiger partial charge in [-0.2, -0.15) is 0 Å². The molecule has 0 bridgehead atoms. The van der Waals surface area contributed by atoms with E-state index in [0.29, 0.717) is 4.96 Å². The van der Waals surface area contributed by atoms with Crippen molar-refractivity contribution in [2.24, 2.45) is 0 Å². The van der Waals surface area contributed by atoms with Crippen LogP contribution < -0.4 is 10.9 Å². The van der Waals surface area contributed by atoms with E-state index < -0.39 is 17.3 Å². The largest absolute Gasteiger partial charge is 0.319 e. The molecule has 0 aliphatic heterocycles. The van der Waals surface area contributed by atoms with Gasteiger partial charge in [-0.05, 0) is 24.6 Å². The van der Waals surface area contributed by atoms with Crippen molar-refractivity contribution in [2.75, 3.05) is 5.32 Å². The van der Waals surface area contributed by atoms with Crippen molar-refractivity contribution in [3.63, 3.8) is 0 Å². The molecule has 106 valence electrons. The van der Waals surface area contributed by atoms with Crippen LogP contribution in [0.15, 0.2) is 40.8 Å². The third-order valence-electron chi connectivity index (χ3n) is 2.96. The van der Waals surface area contributed by atoms with E-state index in [0.717, 1.165) is 5.56 Å². The molecular weight excluding hydrogens is 293 g/mol. The second-order valence-electron chi connectivity index (χ2n) is 4.47. The lowest BCUT2D eigenvalue weighted by atomic mass is 10.2. The van der Waals surface area contributed by atoms with Gasteiger partial charge in [-0.15, -0.1) is 11.3 Å². The molecule has 0 aliphatic rings. The smallest absolute Gasteiger partial charge is 0.271 e. The maximum Gasteiger partial charge on any atom is 0.271 e. The summed E-state index contributed by atoms with van der Waals surface area (Å²) in [7, 11) is 0. The number of carbonyl (C=O) groups is 1. The molecule has 7 heteroatoms. The second-order valence-corrected chi connectivity index (χ2v) is 5.34. The van der Waals surface area contributed by atoms with E-state index >= 15 is 0 Å². The minimum absolute atomic E-state index is 0.0282. The summed E-state index contributed by atoms with van der Waals surface area (Å²) >= 11 is 1.29. The summed E-state index contributed by atoms with van der Waals surface area (Å²) < 4.78 is 15.0. The predicted molar refractivity (Wildman–Crippen MR) is 78.4 cm³/mol. The second kappa shape index (κ2) is 5.10. The Labute approximate surface area is 122 Å². The first-order chi connectivity index (χ1) is 10.1. The summed E-state index contributed by atoms with van der Waals surface area (Å²) in [4.78, 5) is 28.8. The number of benzene rings is 1. The highest BCUT2D eigenvalue weighted by Gasteiger charge is 2.15. The van der Waals surface area contributed by atoms with E-state index in [4.69, 9.17) is 0 Å². The summed E-state index contributed by atoms with van der Waals surface area (Å²) in [6.45, 7) is 1.75. The Morgan fingerprint density at radius 2 is 2.24 bits per heavy atom. The van der Waals surface area contributed by atoms with Gasteiger partial charge in [0.15, 0.2) is 4.96 Å². The van der Waals surface area contributed by atoms with Gasteiger partial charge in [0.2, 0.25) is 0 Å². The van der Waals surface area contributed by atoms with Crippen molar-refractivity contribution >= 4 is 27.9 Å². The van der Waals surface area contributed by atoms with Crippen LogP contribution in [0.1, 0.15) is 15.9 Å². The Bertz CT molecular complexity index is 901. The number of carbonyl (C=O) groups excluding carboxylic acids is 1. The minimum atomic E-state index is -0.684. The van der Waals surface area contributed by atoms with Gasteiger partial charge in [0.1, 0.15) is 11.4 Å². The Kier molecular flexibility index (Phi) is 3.26. The van der Waals surface area contributed by atoms with E-state index in [1.807, 2.05) is 0 Å². The number of hydrogen-bond donors (Lipinski definition) is 1. The van der Waals surface area contributed by atoms with Crippen molar-refractivity contribution in [3.8, 4) is 0 Å². The zero-order valence-electron chi connectivity index (χ0n) is 11.0. The maximum absolute atomic E-state index is 13.7. The van der Waals surface area contributed by atoms with Crippen LogP contribution in [0.2, 0.25) is 0 Å². The van der Waals surface area contributed by atoms with Crippen LogP contribution in [0.25, 0.3) is 4.96 Å². The number of halogens is 1. The van der Waals surface area contributed by atoms with E-state index in [1.165, 1.54) is 34.1 Å². The van der Waals surface area contributed by atoms with E-state index in [1.54, 1.807) is 24.6 Å². The number of aromatic nitrogens is 2. The highest BCUT2D eigenvalue weighted by Crippen LogP contribution is 2.16. The molecule has 1 aromatic carbocycles. The molecular formula is C14H10FN3O2S. The number of anilines is 1. The van der Waals surface area contributed by atoms with E-state index in [-0.39, 0.29) is 11.3 Å². The lowest BCUT2D eigenvalue weighted by molar-refractivity contribution is 0.102. The third kappa shape index (κ3) is 2.43. The van der Waals surface area contributed by atoms with Gasteiger partial charge >= 0.3 is 0 Å². The zero-order chi connectivity index (χ0) is 15.0. The van der Waals surface area contributed by atoms with Crippen molar-refractivity contribution in [1.29, 1.82) is 0 Å². The molecule has 3 aromatic rings. The average molecular weight is 303 g/mol. The summed E-state index contributed by atoms with van der Waals surface area (Å²) in [5.74, 6) is -1.23. The van der Waals surface area contributed by atoms with Crippen LogP contribution in [0.5, 0.6) is 0 Å². The summed E-state index contributed by atoms with van der Waals surface area (Å²) in [6.07, 6.45) is 2.74. The highest BCUT2D eigenvalue weighted by molar-refractivity contribution is 7.15. The molecule has 5 nitrogen and oxygen atoms in total. The van der Waals surface area contributed by atoms with Gasteiger partial charge in [-0.1, -0.05) is 6.07 Å². The average Bonchev–Trinajstić information content (AvgIpc) is 2.91. The van der Waals surface area contributed by atoms with Crippen LogP contribution in [0, 0.1) is 12.7 Å². The number of aryl methyl sites for hydroxylation is 1. The first-order valence-electron chi connectivity index (χ1n) is 6.08. The first kappa shape index (κ1) is 13.4. The molecule has 0 spiro atoms. The molecule has 2 aromatic heterocycles. The molecule has 0 radical (unpaired) electrons. The molecule has 0 aliphatic carbocycles. The number of thiazole rings is 1. The highest BCUT2D eigenvalue weighted by atomic mass is 32.1. The fourth-order valence-corrected chi connectivity index (χ4v) is 2.57. The predicted octanol–water partition coefficient (Wildman–Crippen LogP) is 2.46. The zero-order valence-corrected chi connectivity index (χ0v) is 11.8. The molecule has 1 amide bonds.